The standard InChI is InChI=1S/C18H23FN2O4/c19-14-4-6-15(7-5-14)25-13-18(24)8-2-10-21(12-18)17(23)11-20-9-1-3-16(20)22/h4-7,24H,1-3,8-13H2/t18-/m1/s1. The minimum Gasteiger partial charge on any atom is -0.491 e. The molecule has 25 heavy (non-hydrogen) atoms. The fraction of sp³-hybridized carbons (Fsp3) is 0.556. The van der Waals surface area contributed by atoms with Crippen LogP contribution in [0.25, 0.3) is 0 Å². The Morgan fingerprint density at radius 1 is 1.24 bits per heavy atom. The first-order valence-electron chi connectivity index (χ1n) is 8.61. The molecular formula is C18H23FN2O4. The Morgan fingerprint density at radius 3 is 2.68 bits per heavy atom. The third kappa shape index (κ3) is 4.48. The lowest BCUT2D eigenvalue weighted by molar-refractivity contribution is -0.144. The van der Waals surface area contributed by atoms with E-state index in [0.717, 1.165) is 6.42 Å². The summed E-state index contributed by atoms with van der Waals surface area (Å²) in [6.45, 7) is 1.48. The molecule has 1 aromatic carbocycles. The number of likely N-dealkylation sites (tertiary alicyclic amines) is 2. The van der Waals surface area contributed by atoms with Gasteiger partial charge in [0.05, 0.1) is 13.1 Å². The van der Waals surface area contributed by atoms with Crippen LogP contribution in [0.2, 0.25) is 0 Å². The minimum absolute atomic E-state index is 0.0141. The number of carbonyl (C=O) groups is 2. The van der Waals surface area contributed by atoms with Crippen LogP contribution in [0.4, 0.5) is 4.39 Å². The fourth-order valence-corrected chi connectivity index (χ4v) is 3.33. The van der Waals surface area contributed by atoms with Gasteiger partial charge >= 0.3 is 0 Å². The van der Waals surface area contributed by atoms with Gasteiger partial charge in [0.2, 0.25) is 11.8 Å². The molecule has 0 aliphatic carbocycles. The van der Waals surface area contributed by atoms with Crippen molar-refractivity contribution in [3.05, 3.63) is 30.1 Å². The first-order valence-corrected chi connectivity index (χ1v) is 8.61. The average Bonchev–Trinajstić information content (AvgIpc) is 2.99. The lowest BCUT2D eigenvalue weighted by atomic mass is 9.93. The topological polar surface area (TPSA) is 70.1 Å². The first kappa shape index (κ1) is 17.7. The third-order valence-electron chi connectivity index (χ3n) is 4.73. The normalized spacial score (nSPS) is 23.8. The molecule has 2 heterocycles. The number of hydrogen-bond acceptors (Lipinski definition) is 4. The molecule has 136 valence electrons. The monoisotopic (exact) mass is 350 g/mol. The van der Waals surface area contributed by atoms with Crippen molar-refractivity contribution in [2.75, 3.05) is 32.8 Å². The number of benzene rings is 1. The predicted octanol–water partition coefficient (Wildman–Crippen LogP) is 1.18. The Kier molecular flexibility index (Phi) is 5.22. The van der Waals surface area contributed by atoms with E-state index in [4.69, 9.17) is 4.74 Å². The van der Waals surface area contributed by atoms with Crippen LogP contribution < -0.4 is 4.74 Å². The predicted molar refractivity (Wildman–Crippen MR) is 88.5 cm³/mol. The van der Waals surface area contributed by atoms with Crippen LogP contribution in [0.5, 0.6) is 5.75 Å². The summed E-state index contributed by atoms with van der Waals surface area (Å²) < 4.78 is 18.5. The van der Waals surface area contributed by atoms with Gasteiger partial charge in [0.15, 0.2) is 0 Å². The van der Waals surface area contributed by atoms with Gasteiger partial charge in [-0.1, -0.05) is 0 Å². The van der Waals surface area contributed by atoms with Crippen molar-refractivity contribution in [3.8, 4) is 5.75 Å². The van der Waals surface area contributed by atoms with Crippen molar-refractivity contribution in [1.82, 2.24) is 9.80 Å². The Bertz CT molecular complexity index is 636. The van der Waals surface area contributed by atoms with Crippen LogP contribution in [-0.4, -0.2) is 65.1 Å². The van der Waals surface area contributed by atoms with Gasteiger partial charge in [0.1, 0.15) is 23.8 Å². The second-order valence-electron chi connectivity index (χ2n) is 6.80. The number of amides is 2. The molecule has 2 aliphatic rings. The minimum atomic E-state index is -1.14. The molecule has 6 nitrogen and oxygen atoms in total. The van der Waals surface area contributed by atoms with Crippen molar-refractivity contribution >= 4 is 11.8 Å². The molecule has 0 bridgehead atoms. The molecule has 2 aliphatic heterocycles. The van der Waals surface area contributed by atoms with E-state index in [1.165, 1.54) is 24.3 Å². The number of β-amino-alcohol motifs (C(OH)–C–C–N with tert-alkyl or cyclic N) is 1. The highest BCUT2D eigenvalue weighted by Gasteiger charge is 2.37. The van der Waals surface area contributed by atoms with Gasteiger partial charge in [-0.2, -0.15) is 0 Å². The number of piperidine rings is 1. The summed E-state index contributed by atoms with van der Waals surface area (Å²) in [5.41, 5.74) is -1.14. The Hall–Kier alpha value is -2.15. The second kappa shape index (κ2) is 7.39. The largest absolute Gasteiger partial charge is 0.491 e. The van der Waals surface area contributed by atoms with E-state index in [1.807, 2.05) is 0 Å². The highest BCUT2D eigenvalue weighted by Crippen LogP contribution is 2.23. The summed E-state index contributed by atoms with van der Waals surface area (Å²) in [4.78, 5) is 27.3. The molecule has 1 atom stereocenters. The SMILES string of the molecule is O=C1CCCN1CC(=O)N1CCC[C@](O)(COc2ccc(F)cc2)C1. The van der Waals surface area contributed by atoms with Crippen LogP contribution in [0.1, 0.15) is 25.7 Å². The molecule has 0 radical (unpaired) electrons. The van der Waals surface area contributed by atoms with Gasteiger partial charge in [-0.05, 0) is 43.5 Å². The average molecular weight is 350 g/mol. The van der Waals surface area contributed by atoms with Gasteiger partial charge in [-0.25, -0.2) is 4.39 Å². The highest BCUT2D eigenvalue weighted by atomic mass is 19.1. The van der Waals surface area contributed by atoms with Gasteiger partial charge in [0.25, 0.3) is 0 Å². The summed E-state index contributed by atoms with van der Waals surface area (Å²) in [5.74, 6) is -0.00619. The van der Waals surface area contributed by atoms with Crippen molar-refractivity contribution in [2.45, 2.75) is 31.3 Å². The molecule has 3 rings (SSSR count). The zero-order valence-electron chi connectivity index (χ0n) is 14.1. The smallest absolute Gasteiger partial charge is 0.242 e. The summed E-state index contributed by atoms with van der Waals surface area (Å²) in [7, 11) is 0. The summed E-state index contributed by atoms with van der Waals surface area (Å²) in [5, 5.41) is 10.7. The first-order chi connectivity index (χ1) is 12.0. The molecule has 0 unspecified atom stereocenters. The molecule has 0 aromatic heterocycles. The Morgan fingerprint density at radius 2 is 2.00 bits per heavy atom. The van der Waals surface area contributed by atoms with E-state index in [2.05, 4.69) is 0 Å². The van der Waals surface area contributed by atoms with Crippen LogP contribution in [0.3, 0.4) is 0 Å². The van der Waals surface area contributed by atoms with E-state index in [0.29, 0.717) is 38.1 Å². The van der Waals surface area contributed by atoms with E-state index in [9.17, 15) is 19.1 Å². The third-order valence-corrected chi connectivity index (χ3v) is 4.73. The van der Waals surface area contributed by atoms with Gasteiger partial charge in [0, 0.05) is 19.5 Å². The van der Waals surface area contributed by atoms with Crippen LogP contribution in [0, 0.1) is 5.82 Å². The van der Waals surface area contributed by atoms with Crippen molar-refractivity contribution < 1.29 is 23.8 Å². The van der Waals surface area contributed by atoms with Crippen LogP contribution in [-0.2, 0) is 9.59 Å². The number of nitrogens with zero attached hydrogens (tertiary/aromatic N) is 2. The van der Waals surface area contributed by atoms with E-state index >= 15 is 0 Å². The molecule has 1 aromatic rings. The number of carbonyl (C=O) groups excluding carboxylic acids is 2. The molecule has 2 fully saturated rings. The fourth-order valence-electron chi connectivity index (χ4n) is 3.33. The summed E-state index contributed by atoms with van der Waals surface area (Å²) >= 11 is 0. The zero-order chi connectivity index (χ0) is 17.9. The molecular weight excluding hydrogens is 327 g/mol. The number of rotatable bonds is 5. The van der Waals surface area contributed by atoms with Crippen LogP contribution >= 0.6 is 0 Å². The molecule has 0 saturated carbocycles. The number of halogens is 1. The Balaban J connectivity index is 1.54. The lowest BCUT2D eigenvalue weighted by Gasteiger charge is -2.39. The van der Waals surface area contributed by atoms with E-state index < -0.39 is 5.60 Å². The number of ether oxygens (including phenoxy) is 1. The number of hydrogen-bond donors (Lipinski definition) is 1. The van der Waals surface area contributed by atoms with Crippen molar-refractivity contribution in [3.63, 3.8) is 0 Å². The van der Waals surface area contributed by atoms with Gasteiger partial charge < -0.3 is 19.6 Å². The maximum atomic E-state index is 12.9. The maximum Gasteiger partial charge on any atom is 0.242 e. The molecule has 7 heteroatoms. The van der Waals surface area contributed by atoms with Gasteiger partial charge in [-0.15, -0.1) is 0 Å². The lowest BCUT2D eigenvalue weighted by Crippen LogP contribution is -2.55. The highest BCUT2D eigenvalue weighted by molar-refractivity contribution is 5.86. The van der Waals surface area contributed by atoms with E-state index in [-0.39, 0.29) is 37.3 Å². The maximum absolute atomic E-state index is 12.9. The molecule has 1 N–H and O–H groups in total. The Labute approximate surface area is 146 Å². The molecule has 2 saturated heterocycles. The summed E-state index contributed by atoms with van der Waals surface area (Å²) in [6.07, 6.45) is 2.49. The summed E-state index contributed by atoms with van der Waals surface area (Å²) in [6, 6.07) is 5.60. The van der Waals surface area contributed by atoms with Crippen LogP contribution in [0.15, 0.2) is 24.3 Å². The molecule has 2 amide bonds. The number of aliphatic hydroxyl groups is 1. The zero-order valence-corrected chi connectivity index (χ0v) is 14.1. The van der Waals surface area contributed by atoms with E-state index in [1.54, 1.807) is 9.80 Å². The van der Waals surface area contributed by atoms with Crippen molar-refractivity contribution in [1.29, 1.82) is 0 Å². The van der Waals surface area contributed by atoms with Gasteiger partial charge in [-0.3, -0.25) is 9.59 Å². The molecule has 0 spiro atoms. The van der Waals surface area contributed by atoms with Crippen molar-refractivity contribution in [2.24, 2.45) is 0 Å². The quantitative estimate of drug-likeness (QED) is 0.866. The second-order valence-corrected chi connectivity index (χ2v) is 6.80.